The van der Waals surface area contributed by atoms with Crippen molar-refractivity contribution in [1.29, 1.82) is 0 Å². The number of fused-ring (bicyclic) bond motifs is 1. The van der Waals surface area contributed by atoms with Gasteiger partial charge in [-0.15, -0.1) is 0 Å². The summed E-state index contributed by atoms with van der Waals surface area (Å²) in [7, 11) is 0. The SMILES string of the molecule is CCCCn1c(-c2ccccc2)cc(=O)c2cccnc21. The number of nitrogens with zero attached hydrogens (tertiary/aromatic N) is 2. The predicted molar refractivity (Wildman–Crippen MR) is 86.3 cm³/mol. The van der Waals surface area contributed by atoms with Crippen molar-refractivity contribution in [3.8, 4) is 11.3 Å². The van der Waals surface area contributed by atoms with Crippen molar-refractivity contribution < 1.29 is 0 Å². The first-order valence-electron chi connectivity index (χ1n) is 7.35. The Labute approximate surface area is 123 Å². The second-order valence-corrected chi connectivity index (χ2v) is 5.14. The van der Waals surface area contributed by atoms with E-state index in [1.165, 1.54) is 0 Å². The Kier molecular flexibility index (Phi) is 3.82. The number of aromatic nitrogens is 2. The van der Waals surface area contributed by atoms with Crippen LogP contribution in [-0.4, -0.2) is 9.55 Å². The van der Waals surface area contributed by atoms with Crippen molar-refractivity contribution in [3.05, 3.63) is 65.0 Å². The minimum atomic E-state index is 0.0321. The van der Waals surface area contributed by atoms with Gasteiger partial charge in [-0.25, -0.2) is 4.98 Å². The van der Waals surface area contributed by atoms with E-state index in [4.69, 9.17) is 0 Å². The Hall–Kier alpha value is -2.42. The van der Waals surface area contributed by atoms with E-state index < -0.39 is 0 Å². The van der Waals surface area contributed by atoms with Gasteiger partial charge in [0.15, 0.2) is 5.43 Å². The first-order chi connectivity index (χ1) is 10.3. The van der Waals surface area contributed by atoms with E-state index in [1.54, 1.807) is 12.3 Å². The van der Waals surface area contributed by atoms with E-state index in [-0.39, 0.29) is 5.43 Å². The van der Waals surface area contributed by atoms with Crippen molar-refractivity contribution in [2.75, 3.05) is 0 Å². The second kappa shape index (κ2) is 5.92. The summed E-state index contributed by atoms with van der Waals surface area (Å²) in [5.74, 6) is 0. The fourth-order valence-electron chi connectivity index (χ4n) is 2.59. The molecule has 0 saturated carbocycles. The van der Waals surface area contributed by atoms with Gasteiger partial charge in [0.25, 0.3) is 0 Å². The van der Waals surface area contributed by atoms with Crippen LogP contribution in [0.3, 0.4) is 0 Å². The number of benzene rings is 1. The van der Waals surface area contributed by atoms with Gasteiger partial charge in [-0.2, -0.15) is 0 Å². The molecule has 21 heavy (non-hydrogen) atoms. The van der Waals surface area contributed by atoms with E-state index in [2.05, 4.69) is 16.5 Å². The molecule has 0 fully saturated rings. The molecular formula is C18H18N2O. The van der Waals surface area contributed by atoms with E-state index in [1.807, 2.05) is 42.5 Å². The quantitative estimate of drug-likeness (QED) is 0.726. The summed E-state index contributed by atoms with van der Waals surface area (Å²) in [4.78, 5) is 16.8. The summed E-state index contributed by atoms with van der Waals surface area (Å²) in [6.45, 7) is 3.04. The lowest BCUT2D eigenvalue weighted by molar-refractivity contribution is 0.646. The number of pyridine rings is 2. The van der Waals surface area contributed by atoms with Gasteiger partial charge in [-0.05, 0) is 24.1 Å². The zero-order chi connectivity index (χ0) is 14.7. The number of aryl methyl sites for hydroxylation is 1. The van der Waals surface area contributed by atoms with Gasteiger partial charge in [-0.1, -0.05) is 43.7 Å². The lowest BCUT2D eigenvalue weighted by atomic mass is 10.1. The maximum atomic E-state index is 12.3. The molecule has 0 radical (unpaired) electrons. The number of rotatable bonds is 4. The minimum absolute atomic E-state index is 0.0321. The molecule has 1 aromatic carbocycles. The highest BCUT2D eigenvalue weighted by molar-refractivity contribution is 5.79. The molecule has 106 valence electrons. The minimum Gasteiger partial charge on any atom is -0.325 e. The standard InChI is InChI=1S/C18H18N2O/c1-2-3-12-20-16(14-8-5-4-6-9-14)13-17(21)15-10-7-11-19-18(15)20/h4-11,13H,2-3,12H2,1H3. The Morgan fingerprint density at radius 1 is 1.10 bits per heavy atom. The molecule has 0 aliphatic rings. The first-order valence-corrected chi connectivity index (χ1v) is 7.35. The Morgan fingerprint density at radius 3 is 2.67 bits per heavy atom. The summed E-state index contributed by atoms with van der Waals surface area (Å²) in [6, 6.07) is 15.4. The molecule has 3 heteroatoms. The van der Waals surface area contributed by atoms with Gasteiger partial charge < -0.3 is 4.57 Å². The molecule has 0 aliphatic carbocycles. The average molecular weight is 278 g/mol. The number of hydrogen-bond donors (Lipinski definition) is 0. The highest BCUT2D eigenvalue weighted by atomic mass is 16.1. The first kappa shape index (κ1) is 13.6. The molecule has 0 bridgehead atoms. The third-order valence-corrected chi connectivity index (χ3v) is 3.67. The summed E-state index contributed by atoms with van der Waals surface area (Å²) in [5.41, 5.74) is 2.81. The molecule has 3 rings (SSSR count). The Bertz CT molecular complexity index is 806. The van der Waals surface area contributed by atoms with Crippen LogP contribution in [0, 0.1) is 0 Å². The lowest BCUT2D eigenvalue weighted by Crippen LogP contribution is -2.13. The van der Waals surface area contributed by atoms with Crippen LogP contribution < -0.4 is 5.43 Å². The van der Waals surface area contributed by atoms with Crippen LogP contribution in [0.5, 0.6) is 0 Å². The fraction of sp³-hybridized carbons (Fsp3) is 0.222. The third-order valence-electron chi connectivity index (χ3n) is 3.67. The monoisotopic (exact) mass is 278 g/mol. The lowest BCUT2D eigenvalue weighted by Gasteiger charge is -2.16. The van der Waals surface area contributed by atoms with Gasteiger partial charge in [0.1, 0.15) is 5.65 Å². The van der Waals surface area contributed by atoms with Crippen molar-refractivity contribution in [3.63, 3.8) is 0 Å². The molecule has 3 nitrogen and oxygen atoms in total. The average Bonchev–Trinajstić information content (AvgIpc) is 2.55. The summed E-state index contributed by atoms with van der Waals surface area (Å²) >= 11 is 0. The summed E-state index contributed by atoms with van der Waals surface area (Å²) in [6.07, 6.45) is 3.92. The zero-order valence-corrected chi connectivity index (χ0v) is 12.1. The molecule has 3 aromatic rings. The molecule has 0 N–H and O–H groups in total. The highest BCUT2D eigenvalue weighted by Gasteiger charge is 2.11. The molecule has 0 spiro atoms. The molecule has 0 unspecified atom stereocenters. The predicted octanol–water partition coefficient (Wildman–Crippen LogP) is 3.86. The molecule has 0 aliphatic heterocycles. The van der Waals surface area contributed by atoms with Crippen molar-refractivity contribution in [2.45, 2.75) is 26.3 Å². The van der Waals surface area contributed by atoms with Crippen LogP contribution in [0.25, 0.3) is 22.3 Å². The fourth-order valence-corrected chi connectivity index (χ4v) is 2.59. The molecule has 2 heterocycles. The third kappa shape index (κ3) is 2.59. The molecule has 0 atom stereocenters. The van der Waals surface area contributed by atoms with Gasteiger partial charge in [0, 0.05) is 18.8 Å². The van der Waals surface area contributed by atoms with Gasteiger partial charge in [0.05, 0.1) is 11.1 Å². The van der Waals surface area contributed by atoms with Crippen LogP contribution in [0.15, 0.2) is 59.5 Å². The van der Waals surface area contributed by atoms with Crippen LogP contribution in [0.4, 0.5) is 0 Å². The van der Waals surface area contributed by atoms with Crippen LogP contribution in [0.1, 0.15) is 19.8 Å². The molecule has 2 aromatic heterocycles. The summed E-state index contributed by atoms with van der Waals surface area (Å²) in [5, 5.41) is 0.688. The van der Waals surface area contributed by atoms with Crippen LogP contribution in [-0.2, 0) is 6.54 Å². The summed E-state index contributed by atoms with van der Waals surface area (Å²) < 4.78 is 2.16. The smallest absolute Gasteiger partial charge is 0.191 e. The van der Waals surface area contributed by atoms with Gasteiger partial charge in [0.2, 0.25) is 0 Å². The van der Waals surface area contributed by atoms with Crippen LogP contribution in [0.2, 0.25) is 0 Å². The van der Waals surface area contributed by atoms with Crippen molar-refractivity contribution in [1.82, 2.24) is 9.55 Å². The number of unbranched alkanes of at least 4 members (excludes halogenated alkanes) is 1. The molecule has 0 amide bonds. The van der Waals surface area contributed by atoms with E-state index >= 15 is 0 Å². The van der Waals surface area contributed by atoms with E-state index in [0.717, 1.165) is 36.3 Å². The van der Waals surface area contributed by atoms with Gasteiger partial charge >= 0.3 is 0 Å². The Balaban J connectivity index is 2.30. The topological polar surface area (TPSA) is 34.9 Å². The van der Waals surface area contributed by atoms with Crippen molar-refractivity contribution >= 4 is 11.0 Å². The second-order valence-electron chi connectivity index (χ2n) is 5.14. The molecule has 0 saturated heterocycles. The largest absolute Gasteiger partial charge is 0.325 e. The molecular weight excluding hydrogens is 260 g/mol. The van der Waals surface area contributed by atoms with E-state index in [0.29, 0.717) is 5.39 Å². The highest BCUT2D eigenvalue weighted by Crippen LogP contribution is 2.22. The zero-order valence-electron chi connectivity index (χ0n) is 12.1. The maximum absolute atomic E-state index is 12.3. The van der Waals surface area contributed by atoms with Crippen LogP contribution >= 0.6 is 0 Å². The van der Waals surface area contributed by atoms with Gasteiger partial charge in [-0.3, -0.25) is 4.79 Å². The van der Waals surface area contributed by atoms with E-state index in [9.17, 15) is 4.79 Å². The van der Waals surface area contributed by atoms with Crippen molar-refractivity contribution in [2.24, 2.45) is 0 Å². The Morgan fingerprint density at radius 2 is 1.90 bits per heavy atom. The maximum Gasteiger partial charge on any atom is 0.191 e. The normalized spacial score (nSPS) is 10.9. The number of hydrogen-bond acceptors (Lipinski definition) is 2.